The maximum atomic E-state index is 9.50. The van der Waals surface area contributed by atoms with E-state index in [2.05, 4.69) is 11.7 Å². The fraction of sp³-hybridized carbons (Fsp3) is 1.00. The van der Waals surface area contributed by atoms with Gasteiger partial charge in [-0.15, -0.1) is 0 Å². The van der Waals surface area contributed by atoms with Crippen molar-refractivity contribution in [2.75, 3.05) is 6.26 Å². The van der Waals surface area contributed by atoms with Gasteiger partial charge in [-0.1, -0.05) is 0 Å². The number of hydrogen-bond acceptors (Lipinski definition) is 2. The van der Waals surface area contributed by atoms with Crippen LogP contribution in [0, 0.1) is 0 Å². The fourth-order valence-electron chi connectivity index (χ4n) is 0. The molecule has 0 heterocycles. The third-order valence-corrected chi connectivity index (χ3v) is 0. The molecule has 0 aromatic rings. The molecular weight excluding hydrogens is 131 g/mol. The Kier molecular flexibility index (Phi) is 5.71. The van der Waals surface area contributed by atoms with Crippen LogP contribution < -0.4 is 0 Å². The van der Waals surface area contributed by atoms with Gasteiger partial charge in [-0.3, -0.25) is 0 Å². The number of thiol groups is 1. The van der Waals surface area contributed by atoms with Crippen molar-refractivity contribution in [3.8, 4) is 0 Å². The molecule has 0 atom stereocenters. The Bertz CT molecular complexity index is 94.7. The van der Waals surface area contributed by atoms with Crippen molar-refractivity contribution in [1.82, 2.24) is 0 Å². The van der Waals surface area contributed by atoms with Crippen molar-refractivity contribution in [3.63, 3.8) is 0 Å². The molecule has 0 bridgehead atoms. The topological polar surface area (TPSA) is 34.1 Å². The van der Waals surface area contributed by atoms with Crippen LogP contribution in [0.3, 0.4) is 0 Å². The first-order valence-corrected chi connectivity index (χ1v) is 3.87. The average molecular weight is 136 g/mol. The monoisotopic (exact) mass is 136 g/mol. The summed E-state index contributed by atoms with van der Waals surface area (Å²) in [4.78, 5) is 0. The van der Waals surface area contributed by atoms with Crippen LogP contribution in [0.5, 0.6) is 0 Å². The Labute approximate surface area is 64.3 Å². The van der Waals surface area contributed by atoms with Crippen LogP contribution in [0.4, 0.5) is 0 Å². The zero-order chi connectivity index (χ0) is 4.50. The van der Waals surface area contributed by atoms with Crippen LogP contribution in [0.1, 0.15) is 0 Å². The van der Waals surface area contributed by atoms with E-state index >= 15 is 0 Å². The molecule has 0 aromatic carbocycles. The Morgan fingerprint density at radius 3 is 1.50 bits per heavy atom. The molecule has 2 nitrogen and oxygen atoms in total. The van der Waals surface area contributed by atoms with Crippen LogP contribution >= 0.6 is 11.7 Å². The third kappa shape index (κ3) is 58.0. The summed E-state index contributed by atoms with van der Waals surface area (Å²) in [5.74, 6) is 0. The second-order valence-electron chi connectivity index (χ2n) is 0.733. The van der Waals surface area contributed by atoms with Crippen molar-refractivity contribution in [3.05, 3.63) is 0 Å². The molecule has 34 valence electrons. The van der Waals surface area contributed by atoms with Crippen molar-refractivity contribution in [1.29, 1.82) is 0 Å². The first-order chi connectivity index (χ1) is 2.00. The van der Waals surface area contributed by atoms with Gasteiger partial charge in [0.05, 0.1) is 0 Å². The van der Waals surface area contributed by atoms with Gasteiger partial charge in [-0.05, 0) is 11.7 Å². The van der Waals surface area contributed by atoms with E-state index in [1.165, 1.54) is 0 Å². The van der Waals surface area contributed by atoms with E-state index < -0.39 is 8.87 Å². The van der Waals surface area contributed by atoms with Crippen molar-refractivity contribution >= 4 is 50.1 Å². The molecule has 5 heteroatoms. The van der Waals surface area contributed by atoms with E-state index in [0.717, 1.165) is 6.26 Å². The van der Waals surface area contributed by atoms with Gasteiger partial charge in [0.25, 0.3) is 0 Å². The van der Waals surface area contributed by atoms with Gasteiger partial charge in [0.15, 0.2) is 8.87 Å². The van der Waals surface area contributed by atoms with Crippen molar-refractivity contribution in [2.45, 2.75) is 0 Å². The van der Waals surface area contributed by atoms with Crippen LogP contribution in [-0.4, -0.2) is 44.2 Å². The molecule has 0 amide bonds. The summed E-state index contributed by atoms with van der Waals surface area (Å²) < 4.78 is 19.0. The number of hydrogen-bond donors (Lipinski definition) is 1. The molecule has 0 aliphatic carbocycles. The average Bonchev–Trinajstić information content (AvgIpc) is 0.722. The van der Waals surface area contributed by atoms with Gasteiger partial charge < -0.3 is 0 Å². The minimum atomic E-state index is -2.97. The molecule has 0 fully saturated rings. The van der Waals surface area contributed by atoms with Crippen molar-refractivity contribution < 1.29 is 8.42 Å². The van der Waals surface area contributed by atoms with Gasteiger partial charge in [0, 0.05) is 6.26 Å². The molecule has 0 spiro atoms. The third-order valence-electron chi connectivity index (χ3n) is 0. The standard InChI is InChI=1S/CH4O2S2.Na.H/c1-5(2,3)4;;/h1H3,(H,2,3,4);;. The van der Waals surface area contributed by atoms with Gasteiger partial charge in [-0.2, -0.15) is 0 Å². The van der Waals surface area contributed by atoms with E-state index in [-0.39, 0.29) is 29.6 Å². The van der Waals surface area contributed by atoms with Crippen LogP contribution in [0.15, 0.2) is 0 Å². The second kappa shape index (κ2) is 3.32. The predicted octanol–water partition coefficient (Wildman–Crippen LogP) is -0.773. The Morgan fingerprint density at radius 1 is 1.50 bits per heavy atom. The molecule has 0 radical (unpaired) electrons. The maximum absolute atomic E-state index is 9.50. The first-order valence-electron chi connectivity index (χ1n) is 0.924. The Morgan fingerprint density at radius 2 is 1.50 bits per heavy atom. The Hall–Kier alpha value is 1.30. The molecule has 0 saturated heterocycles. The van der Waals surface area contributed by atoms with Gasteiger partial charge in [-0.25, -0.2) is 8.42 Å². The van der Waals surface area contributed by atoms with E-state index in [0.29, 0.717) is 0 Å². The molecule has 0 aliphatic heterocycles. The number of rotatable bonds is 0. The molecule has 0 N–H and O–H groups in total. The predicted molar refractivity (Wildman–Crippen MR) is 31.0 cm³/mol. The fourth-order valence-corrected chi connectivity index (χ4v) is 0. The molecule has 0 rings (SSSR count). The Balaban J connectivity index is 0. The van der Waals surface area contributed by atoms with E-state index in [4.69, 9.17) is 0 Å². The molecule has 0 aliphatic rings. The summed E-state index contributed by atoms with van der Waals surface area (Å²) >= 11 is 3.09. The normalized spacial score (nSPS) is 9.67. The van der Waals surface area contributed by atoms with Gasteiger partial charge in [0.2, 0.25) is 0 Å². The molecular formula is CH5NaO2S2. The summed E-state index contributed by atoms with van der Waals surface area (Å²) in [5.41, 5.74) is 0. The molecule has 6 heavy (non-hydrogen) atoms. The van der Waals surface area contributed by atoms with Crippen molar-refractivity contribution in [2.24, 2.45) is 0 Å². The summed E-state index contributed by atoms with van der Waals surface area (Å²) in [6.07, 6.45) is 1.02. The zero-order valence-corrected chi connectivity index (χ0v) is 4.38. The second-order valence-corrected chi connectivity index (χ2v) is 4.19. The van der Waals surface area contributed by atoms with E-state index in [1.54, 1.807) is 0 Å². The van der Waals surface area contributed by atoms with Gasteiger partial charge >= 0.3 is 29.6 Å². The molecule has 0 unspecified atom stereocenters. The van der Waals surface area contributed by atoms with Gasteiger partial charge in [0.1, 0.15) is 0 Å². The van der Waals surface area contributed by atoms with E-state index in [9.17, 15) is 8.42 Å². The molecule has 0 saturated carbocycles. The van der Waals surface area contributed by atoms with Crippen LogP contribution in [0.2, 0.25) is 0 Å². The SMILES string of the molecule is CS(=O)(=O)S.[NaH]. The summed E-state index contributed by atoms with van der Waals surface area (Å²) in [6, 6.07) is 0. The van der Waals surface area contributed by atoms with Crippen LogP contribution in [0.25, 0.3) is 0 Å². The van der Waals surface area contributed by atoms with E-state index in [1.807, 2.05) is 0 Å². The summed E-state index contributed by atoms with van der Waals surface area (Å²) in [6.45, 7) is 0. The summed E-state index contributed by atoms with van der Waals surface area (Å²) in [5, 5.41) is 0. The van der Waals surface area contributed by atoms with Crippen LogP contribution in [-0.2, 0) is 8.87 Å². The first kappa shape index (κ1) is 10.3. The molecule has 0 aromatic heterocycles. The minimum absolute atomic E-state index is 0. The zero-order valence-electron chi connectivity index (χ0n) is 2.67. The quantitative estimate of drug-likeness (QED) is 0.269. The summed E-state index contributed by atoms with van der Waals surface area (Å²) in [7, 11) is -2.97.